The number of likely N-dealkylation sites (tertiary alicyclic amines) is 1. The lowest BCUT2D eigenvalue weighted by Crippen LogP contribution is -2.40. The van der Waals surface area contributed by atoms with Crippen molar-refractivity contribution in [1.29, 1.82) is 0 Å². The Hall–Kier alpha value is -0.450. The summed E-state index contributed by atoms with van der Waals surface area (Å²) in [5.74, 6) is -0.195. The highest BCUT2D eigenvalue weighted by Crippen LogP contribution is 2.18. The Morgan fingerprint density at radius 2 is 2.12 bits per heavy atom. The Morgan fingerprint density at radius 3 is 2.76 bits per heavy atom. The van der Waals surface area contributed by atoms with E-state index in [4.69, 9.17) is 0 Å². The molecule has 2 rings (SSSR count). The first-order valence-electron chi connectivity index (χ1n) is 6.01. The van der Waals surface area contributed by atoms with Gasteiger partial charge in [-0.2, -0.15) is 0 Å². The predicted molar refractivity (Wildman–Crippen MR) is 71.5 cm³/mol. The lowest BCUT2D eigenvalue weighted by atomic mass is 10.1. The number of nitrogens with zero attached hydrogens (tertiary/aromatic N) is 1. The summed E-state index contributed by atoms with van der Waals surface area (Å²) in [5, 5.41) is 3.54. The first kappa shape index (κ1) is 13.0. The molecular weight excluding hydrogens is 283 g/mol. The van der Waals surface area contributed by atoms with E-state index in [-0.39, 0.29) is 5.82 Å². The van der Waals surface area contributed by atoms with E-state index in [0.717, 1.165) is 29.7 Å². The Kier molecular flexibility index (Phi) is 4.54. The van der Waals surface area contributed by atoms with E-state index in [2.05, 4.69) is 33.2 Å². The fraction of sp³-hybridized carbons (Fsp3) is 0.538. The number of benzene rings is 1. The molecule has 17 heavy (non-hydrogen) atoms. The SMILES string of the molecule is CN1CCC(NCc2ccc(F)cc2Br)CC1. The number of rotatable bonds is 3. The zero-order valence-corrected chi connectivity index (χ0v) is 11.6. The maximum absolute atomic E-state index is 12.9. The molecule has 1 N–H and O–H groups in total. The van der Waals surface area contributed by atoms with Crippen molar-refractivity contribution in [1.82, 2.24) is 10.2 Å². The molecule has 0 atom stereocenters. The summed E-state index contributed by atoms with van der Waals surface area (Å²) in [5.41, 5.74) is 1.12. The maximum atomic E-state index is 12.9. The molecule has 0 spiro atoms. The molecule has 0 amide bonds. The number of hydrogen-bond acceptors (Lipinski definition) is 2. The van der Waals surface area contributed by atoms with Crippen LogP contribution in [0.3, 0.4) is 0 Å². The van der Waals surface area contributed by atoms with Crippen molar-refractivity contribution >= 4 is 15.9 Å². The van der Waals surface area contributed by atoms with Gasteiger partial charge in [-0.25, -0.2) is 4.39 Å². The van der Waals surface area contributed by atoms with Gasteiger partial charge in [-0.3, -0.25) is 0 Å². The predicted octanol–water partition coefficient (Wildman–Crippen LogP) is 2.77. The summed E-state index contributed by atoms with van der Waals surface area (Å²) in [6.07, 6.45) is 2.38. The minimum atomic E-state index is -0.195. The zero-order chi connectivity index (χ0) is 12.3. The van der Waals surface area contributed by atoms with Crippen LogP contribution >= 0.6 is 15.9 Å². The molecule has 4 heteroatoms. The van der Waals surface area contributed by atoms with Crippen molar-refractivity contribution in [2.75, 3.05) is 20.1 Å². The number of hydrogen-bond donors (Lipinski definition) is 1. The van der Waals surface area contributed by atoms with Gasteiger partial charge in [0.2, 0.25) is 0 Å². The standard InChI is InChI=1S/C13H18BrFN2/c1-17-6-4-12(5-7-17)16-9-10-2-3-11(15)8-13(10)14/h2-3,8,12,16H,4-7,9H2,1H3. The van der Waals surface area contributed by atoms with E-state index >= 15 is 0 Å². The average Bonchev–Trinajstić information content (AvgIpc) is 2.30. The number of nitrogens with one attached hydrogen (secondary N) is 1. The van der Waals surface area contributed by atoms with Crippen LogP contribution in [-0.4, -0.2) is 31.1 Å². The second kappa shape index (κ2) is 5.94. The quantitative estimate of drug-likeness (QED) is 0.923. The molecule has 1 aromatic carbocycles. The van der Waals surface area contributed by atoms with Gasteiger partial charge in [0, 0.05) is 17.1 Å². The molecule has 0 unspecified atom stereocenters. The van der Waals surface area contributed by atoms with E-state index in [1.807, 2.05) is 6.07 Å². The van der Waals surface area contributed by atoms with Crippen LogP contribution < -0.4 is 5.32 Å². The topological polar surface area (TPSA) is 15.3 Å². The molecule has 1 fully saturated rings. The van der Waals surface area contributed by atoms with Crippen LogP contribution in [-0.2, 0) is 6.54 Å². The largest absolute Gasteiger partial charge is 0.310 e. The fourth-order valence-electron chi connectivity index (χ4n) is 2.13. The van der Waals surface area contributed by atoms with Gasteiger partial charge < -0.3 is 10.2 Å². The minimum Gasteiger partial charge on any atom is -0.310 e. The smallest absolute Gasteiger partial charge is 0.124 e. The second-order valence-corrected chi connectivity index (χ2v) is 5.55. The van der Waals surface area contributed by atoms with Crippen LogP contribution in [0.4, 0.5) is 4.39 Å². The first-order chi connectivity index (χ1) is 8.15. The highest BCUT2D eigenvalue weighted by Gasteiger charge is 2.16. The molecule has 2 nitrogen and oxygen atoms in total. The van der Waals surface area contributed by atoms with Crippen molar-refractivity contribution in [3.05, 3.63) is 34.1 Å². The van der Waals surface area contributed by atoms with Gasteiger partial charge in [-0.15, -0.1) is 0 Å². The normalized spacial score (nSPS) is 18.5. The van der Waals surface area contributed by atoms with Gasteiger partial charge in [-0.1, -0.05) is 22.0 Å². The summed E-state index contributed by atoms with van der Waals surface area (Å²) in [7, 11) is 2.16. The number of piperidine rings is 1. The molecule has 1 saturated heterocycles. The Morgan fingerprint density at radius 1 is 1.41 bits per heavy atom. The third-order valence-electron chi connectivity index (χ3n) is 3.31. The Labute approximate surface area is 110 Å². The Balaban J connectivity index is 1.85. The van der Waals surface area contributed by atoms with Gasteiger partial charge in [0.15, 0.2) is 0 Å². The third-order valence-corrected chi connectivity index (χ3v) is 4.05. The third kappa shape index (κ3) is 3.76. The van der Waals surface area contributed by atoms with E-state index in [9.17, 15) is 4.39 Å². The summed E-state index contributed by atoms with van der Waals surface area (Å²) in [4.78, 5) is 2.35. The highest BCUT2D eigenvalue weighted by atomic mass is 79.9. The van der Waals surface area contributed by atoms with Crippen LogP contribution in [0.15, 0.2) is 22.7 Å². The van der Waals surface area contributed by atoms with Crippen molar-refractivity contribution in [2.24, 2.45) is 0 Å². The summed E-state index contributed by atoms with van der Waals surface area (Å²) in [6, 6.07) is 5.45. The van der Waals surface area contributed by atoms with Crippen LogP contribution in [0.2, 0.25) is 0 Å². The lowest BCUT2D eigenvalue weighted by molar-refractivity contribution is 0.234. The summed E-state index contributed by atoms with van der Waals surface area (Å²) in [6.45, 7) is 3.11. The zero-order valence-electron chi connectivity index (χ0n) is 10.0. The van der Waals surface area contributed by atoms with Gasteiger partial charge in [0.25, 0.3) is 0 Å². The van der Waals surface area contributed by atoms with E-state index < -0.39 is 0 Å². The van der Waals surface area contributed by atoms with Crippen LogP contribution in [0.25, 0.3) is 0 Å². The van der Waals surface area contributed by atoms with Gasteiger partial charge in [0.05, 0.1) is 0 Å². The lowest BCUT2D eigenvalue weighted by Gasteiger charge is -2.29. The van der Waals surface area contributed by atoms with Crippen molar-refractivity contribution in [2.45, 2.75) is 25.4 Å². The first-order valence-corrected chi connectivity index (χ1v) is 6.80. The van der Waals surface area contributed by atoms with E-state index in [1.165, 1.54) is 25.0 Å². The molecule has 1 aliphatic heterocycles. The van der Waals surface area contributed by atoms with Gasteiger partial charge >= 0.3 is 0 Å². The van der Waals surface area contributed by atoms with Crippen LogP contribution in [0.1, 0.15) is 18.4 Å². The maximum Gasteiger partial charge on any atom is 0.124 e. The van der Waals surface area contributed by atoms with Gasteiger partial charge in [-0.05, 0) is 50.7 Å². The molecule has 0 bridgehead atoms. The molecule has 0 aromatic heterocycles. The molecule has 0 radical (unpaired) electrons. The monoisotopic (exact) mass is 300 g/mol. The highest BCUT2D eigenvalue weighted by molar-refractivity contribution is 9.10. The van der Waals surface area contributed by atoms with E-state index in [1.54, 1.807) is 0 Å². The molecule has 1 heterocycles. The van der Waals surface area contributed by atoms with Gasteiger partial charge in [0.1, 0.15) is 5.82 Å². The molecule has 1 aliphatic rings. The average molecular weight is 301 g/mol. The molecule has 0 saturated carbocycles. The molecule has 94 valence electrons. The summed E-state index contributed by atoms with van der Waals surface area (Å²) < 4.78 is 13.8. The van der Waals surface area contributed by atoms with E-state index in [0.29, 0.717) is 6.04 Å². The van der Waals surface area contributed by atoms with Crippen molar-refractivity contribution in [3.63, 3.8) is 0 Å². The minimum absolute atomic E-state index is 0.195. The van der Waals surface area contributed by atoms with Crippen LogP contribution in [0, 0.1) is 5.82 Å². The van der Waals surface area contributed by atoms with Crippen molar-refractivity contribution < 1.29 is 4.39 Å². The molecular formula is C13H18BrFN2. The molecule has 0 aliphatic carbocycles. The second-order valence-electron chi connectivity index (χ2n) is 4.69. The number of halogens is 2. The molecule has 1 aromatic rings. The summed E-state index contributed by atoms with van der Waals surface area (Å²) >= 11 is 3.39. The van der Waals surface area contributed by atoms with Crippen molar-refractivity contribution in [3.8, 4) is 0 Å². The van der Waals surface area contributed by atoms with Crippen LogP contribution in [0.5, 0.6) is 0 Å². The Bertz CT molecular complexity index is 376. The fourth-order valence-corrected chi connectivity index (χ4v) is 2.62.